The Balaban J connectivity index is 2.51. The Morgan fingerprint density at radius 1 is 2.00 bits per heavy atom. The van der Waals surface area contributed by atoms with E-state index >= 15 is 0 Å². The topological polar surface area (TPSA) is 0 Å². The van der Waals surface area contributed by atoms with Crippen LogP contribution in [0, 0.1) is 0 Å². The minimum Gasteiger partial charge on any atom is -0.171 e. The fourth-order valence-corrected chi connectivity index (χ4v) is 0.670. The summed E-state index contributed by atoms with van der Waals surface area (Å²) in [5, 5.41) is 0.588. The van der Waals surface area contributed by atoms with Crippen LogP contribution in [0.15, 0.2) is 11.6 Å². The fourth-order valence-electron chi connectivity index (χ4n) is 0.459. The molecule has 0 heterocycles. The van der Waals surface area contributed by atoms with Crippen molar-refractivity contribution in [3.63, 3.8) is 0 Å². The van der Waals surface area contributed by atoms with E-state index in [9.17, 15) is 0 Å². The van der Waals surface area contributed by atoms with Gasteiger partial charge in [0.15, 0.2) is 0 Å². The van der Waals surface area contributed by atoms with E-state index in [1.54, 1.807) is 0 Å². The summed E-state index contributed by atoms with van der Waals surface area (Å²) in [4.78, 5) is 0. The van der Waals surface area contributed by atoms with Crippen LogP contribution in [-0.2, 0) is 0 Å². The van der Waals surface area contributed by atoms with Gasteiger partial charge in [-0.05, 0) is 13.3 Å². The first kappa shape index (κ1) is 4.25. The molecule has 34 valence electrons. The van der Waals surface area contributed by atoms with Crippen molar-refractivity contribution in [3.8, 4) is 0 Å². The van der Waals surface area contributed by atoms with Gasteiger partial charge in [0.1, 0.15) is 0 Å². The minimum absolute atomic E-state index is 0.588. The fraction of sp³-hybridized carbons (Fsp3) is 0.600. The normalized spacial score (nSPS) is 31.7. The molecule has 1 aliphatic carbocycles. The lowest BCUT2D eigenvalue weighted by Crippen LogP contribution is -2.07. The minimum atomic E-state index is 0.588. The first-order valence-electron chi connectivity index (χ1n) is 2.15. The standard InChI is InChI=1S/C5H8S/c1-4-2-3-5(4)6/h2,5-6H,3H2,1H3. The molecule has 1 atom stereocenters. The molecule has 1 heteroatoms. The Hall–Kier alpha value is 0.0900. The summed E-state index contributed by atoms with van der Waals surface area (Å²) in [6.07, 6.45) is 3.38. The average Bonchev–Trinajstić information content (AvgIpc) is 1.61. The molecule has 0 spiro atoms. The van der Waals surface area contributed by atoms with Crippen LogP contribution < -0.4 is 0 Å². The highest BCUT2D eigenvalue weighted by molar-refractivity contribution is 7.81. The molecule has 0 N–H and O–H groups in total. The maximum atomic E-state index is 4.21. The summed E-state index contributed by atoms with van der Waals surface area (Å²) in [6.45, 7) is 2.11. The first-order chi connectivity index (χ1) is 2.80. The third-order valence-electron chi connectivity index (χ3n) is 1.19. The van der Waals surface area contributed by atoms with E-state index in [2.05, 4.69) is 25.6 Å². The van der Waals surface area contributed by atoms with E-state index in [0.29, 0.717) is 5.25 Å². The second-order valence-corrected chi connectivity index (χ2v) is 2.32. The molecule has 1 rings (SSSR count). The zero-order valence-electron chi connectivity index (χ0n) is 3.81. The smallest absolute Gasteiger partial charge is 0.0258 e. The van der Waals surface area contributed by atoms with Gasteiger partial charge in [-0.1, -0.05) is 11.6 Å². The Kier molecular flexibility index (Phi) is 0.922. The van der Waals surface area contributed by atoms with Crippen molar-refractivity contribution < 1.29 is 0 Å². The quantitative estimate of drug-likeness (QED) is 0.347. The predicted molar refractivity (Wildman–Crippen MR) is 31.1 cm³/mol. The van der Waals surface area contributed by atoms with Crippen LogP contribution in [0.3, 0.4) is 0 Å². The molecular formula is C5H8S. The van der Waals surface area contributed by atoms with Crippen molar-refractivity contribution in [2.24, 2.45) is 0 Å². The summed E-state index contributed by atoms with van der Waals surface area (Å²) in [5.74, 6) is 0. The lowest BCUT2D eigenvalue weighted by Gasteiger charge is -2.17. The molecular weight excluding hydrogens is 92.1 g/mol. The van der Waals surface area contributed by atoms with E-state index in [1.165, 1.54) is 12.0 Å². The Morgan fingerprint density at radius 2 is 2.50 bits per heavy atom. The van der Waals surface area contributed by atoms with Gasteiger partial charge < -0.3 is 0 Å². The molecule has 6 heavy (non-hydrogen) atoms. The summed E-state index contributed by atoms with van der Waals surface area (Å²) in [5.41, 5.74) is 1.43. The van der Waals surface area contributed by atoms with Crippen molar-refractivity contribution in [1.29, 1.82) is 0 Å². The van der Waals surface area contributed by atoms with E-state index in [0.717, 1.165) is 0 Å². The maximum Gasteiger partial charge on any atom is 0.0258 e. The van der Waals surface area contributed by atoms with Crippen LogP contribution in [0.2, 0.25) is 0 Å². The molecule has 0 fully saturated rings. The van der Waals surface area contributed by atoms with Crippen molar-refractivity contribution >= 4 is 12.6 Å². The zero-order chi connectivity index (χ0) is 4.57. The summed E-state index contributed by atoms with van der Waals surface area (Å²) < 4.78 is 0. The lowest BCUT2D eigenvalue weighted by molar-refractivity contribution is 0.902. The monoisotopic (exact) mass is 100 g/mol. The number of rotatable bonds is 0. The Labute approximate surface area is 43.7 Å². The summed E-state index contributed by atoms with van der Waals surface area (Å²) in [7, 11) is 0. The molecule has 1 unspecified atom stereocenters. The van der Waals surface area contributed by atoms with E-state index in [1.807, 2.05) is 0 Å². The number of allylic oxidation sites excluding steroid dienone is 1. The molecule has 0 bridgehead atoms. The van der Waals surface area contributed by atoms with Crippen LogP contribution in [0.4, 0.5) is 0 Å². The predicted octanol–water partition coefficient (Wildman–Crippen LogP) is 1.63. The second-order valence-electron chi connectivity index (χ2n) is 1.70. The highest BCUT2D eigenvalue weighted by atomic mass is 32.1. The van der Waals surface area contributed by atoms with Crippen LogP contribution in [0.25, 0.3) is 0 Å². The van der Waals surface area contributed by atoms with Gasteiger partial charge in [0.2, 0.25) is 0 Å². The van der Waals surface area contributed by atoms with Crippen molar-refractivity contribution in [2.45, 2.75) is 18.6 Å². The molecule has 0 aromatic rings. The molecule has 0 nitrogen and oxygen atoms in total. The van der Waals surface area contributed by atoms with Crippen molar-refractivity contribution in [2.75, 3.05) is 0 Å². The molecule has 1 aliphatic rings. The Bertz CT molecular complexity index is 83.9. The summed E-state index contributed by atoms with van der Waals surface area (Å²) >= 11 is 4.21. The van der Waals surface area contributed by atoms with E-state index in [4.69, 9.17) is 0 Å². The van der Waals surface area contributed by atoms with Gasteiger partial charge in [0.05, 0.1) is 0 Å². The van der Waals surface area contributed by atoms with Gasteiger partial charge in [0, 0.05) is 5.25 Å². The van der Waals surface area contributed by atoms with Gasteiger partial charge in [-0.3, -0.25) is 0 Å². The van der Waals surface area contributed by atoms with Crippen LogP contribution in [0.5, 0.6) is 0 Å². The number of thiol groups is 1. The van der Waals surface area contributed by atoms with Gasteiger partial charge in [0.25, 0.3) is 0 Å². The van der Waals surface area contributed by atoms with Gasteiger partial charge in [-0.2, -0.15) is 12.6 Å². The molecule has 0 aromatic heterocycles. The molecule has 0 radical (unpaired) electrons. The zero-order valence-corrected chi connectivity index (χ0v) is 4.70. The van der Waals surface area contributed by atoms with Gasteiger partial charge >= 0.3 is 0 Å². The molecule has 0 saturated heterocycles. The van der Waals surface area contributed by atoms with Crippen molar-refractivity contribution in [1.82, 2.24) is 0 Å². The second kappa shape index (κ2) is 1.30. The molecule has 0 saturated carbocycles. The summed E-state index contributed by atoms with van der Waals surface area (Å²) in [6, 6.07) is 0. The van der Waals surface area contributed by atoms with Gasteiger partial charge in [-0.15, -0.1) is 0 Å². The highest BCUT2D eigenvalue weighted by Gasteiger charge is 2.10. The Morgan fingerprint density at radius 3 is 2.50 bits per heavy atom. The number of hydrogen-bond acceptors (Lipinski definition) is 1. The lowest BCUT2D eigenvalue weighted by atomic mass is 10.0. The van der Waals surface area contributed by atoms with Crippen molar-refractivity contribution in [3.05, 3.63) is 11.6 Å². The number of hydrogen-bond donors (Lipinski definition) is 1. The third kappa shape index (κ3) is 0.473. The maximum absolute atomic E-state index is 4.21. The molecule has 0 amide bonds. The highest BCUT2D eigenvalue weighted by Crippen LogP contribution is 2.22. The van der Waals surface area contributed by atoms with Crippen LogP contribution >= 0.6 is 12.6 Å². The van der Waals surface area contributed by atoms with Gasteiger partial charge in [-0.25, -0.2) is 0 Å². The SMILES string of the molecule is CC1=CCC1S. The largest absolute Gasteiger partial charge is 0.171 e. The average molecular weight is 100 g/mol. The first-order valence-corrected chi connectivity index (χ1v) is 2.67. The van der Waals surface area contributed by atoms with E-state index < -0.39 is 0 Å². The molecule has 0 aromatic carbocycles. The van der Waals surface area contributed by atoms with E-state index in [-0.39, 0.29) is 0 Å². The molecule has 0 aliphatic heterocycles. The van der Waals surface area contributed by atoms with Crippen LogP contribution in [-0.4, -0.2) is 5.25 Å². The van der Waals surface area contributed by atoms with Crippen LogP contribution in [0.1, 0.15) is 13.3 Å². The third-order valence-corrected chi connectivity index (χ3v) is 1.81.